The van der Waals surface area contributed by atoms with Crippen LogP contribution < -0.4 is 10.6 Å². The first-order chi connectivity index (χ1) is 8.78. The van der Waals surface area contributed by atoms with Gasteiger partial charge in [0.05, 0.1) is 0 Å². The summed E-state index contributed by atoms with van der Waals surface area (Å²) in [6, 6.07) is 7.95. The van der Waals surface area contributed by atoms with Gasteiger partial charge in [0, 0.05) is 18.3 Å². The van der Waals surface area contributed by atoms with Crippen LogP contribution >= 0.6 is 0 Å². The maximum Gasteiger partial charge on any atom is 0.135 e. The topological polar surface area (TPSA) is 49.8 Å². The van der Waals surface area contributed by atoms with Crippen LogP contribution in [0.25, 0.3) is 0 Å². The average Bonchev–Trinajstić information content (AvgIpc) is 2.40. The van der Waals surface area contributed by atoms with Gasteiger partial charge in [0.15, 0.2) is 0 Å². The Kier molecular flexibility index (Phi) is 4.06. The second-order valence-corrected chi connectivity index (χ2v) is 3.85. The summed E-state index contributed by atoms with van der Waals surface area (Å²) in [5.41, 5.74) is 0.788. The number of nitrogens with zero attached hydrogens (tertiary/aromatic N) is 2. The third-order valence-corrected chi connectivity index (χ3v) is 2.34. The lowest BCUT2D eigenvalue weighted by molar-refractivity contribution is 0.628. The van der Waals surface area contributed by atoms with E-state index >= 15 is 0 Å². The second-order valence-electron chi connectivity index (χ2n) is 3.85. The van der Waals surface area contributed by atoms with Crippen molar-refractivity contribution in [2.24, 2.45) is 0 Å². The third kappa shape index (κ3) is 3.41. The lowest BCUT2D eigenvalue weighted by Crippen LogP contribution is -2.03. The van der Waals surface area contributed by atoms with Gasteiger partial charge in [-0.25, -0.2) is 14.4 Å². The summed E-state index contributed by atoms with van der Waals surface area (Å²) >= 11 is 0. The molecule has 1 aromatic heterocycles. The molecule has 2 N–H and O–H groups in total. The van der Waals surface area contributed by atoms with Crippen LogP contribution in [-0.2, 0) is 0 Å². The summed E-state index contributed by atoms with van der Waals surface area (Å²) in [5.74, 6) is 1.19. The van der Waals surface area contributed by atoms with Gasteiger partial charge in [-0.2, -0.15) is 0 Å². The van der Waals surface area contributed by atoms with E-state index in [2.05, 4.69) is 27.5 Å². The van der Waals surface area contributed by atoms with Crippen molar-refractivity contribution in [3.8, 4) is 0 Å². The van der Waals surface area contributed by atoms with E-state index in [1.54, 1.807) is 12.1 Å². The first-order valence-corrected chi connectivity index (χ1v) is 5.86. The van der Waals surface area contributed by atoms with Gasteiger partial charge in [-0.05, 0) is 30.7 Å². The molecule has 2 aromatic rings. The van der Waals surface area contributed by atoms with Crippen LogP contribution in [-0.4, -0.2) is 16.5 Å². The normalized spacial score (nSPS) is 10.1. The molecule has 0 amide bonds. The Bertz CT molecular complexity index is 499. The molecule has 0 bridgehead atoms. The first kappa shape index (κ1) is 12.3. The second kappa shape index (κ2) is 5.95. The molecule has 4 nitrogen and oxygen atoms in total. The van der Waals surface area contributed by atoms with Crippen molar-refractivity contribution < 1.29 is 4.39 Å². The molecule has 1 heterocycles. The van der Waals surface area contributed by atoms with Gasteiger partial charge in [-0.1, -0.05) is 6.92 Å². The molecule has 18 heavy (non-hydrogen) atoms. The quantitative estimate of drug-likeness (QED) is 0.850. The first-order valence-electron chi connectivity index (χ1n) is 5.86. The Labute approximate surface area is 105 Å². The van der Waals surface area contributed by atoms with Crippen LogP contribution in [0.1, 0.15) is 13.3 Å². The highest BCUT2D eigenvalue weighted by molar-refractivity contribution is 5.58. The van der Waals surface area contributed by atoms with Crippen molar-refractivity contribution in [3.63, 3.8) is 0 Å². The highest BCUT2D eigenvalue weighted by Crippen LogP contribution is 2.16. The summed E-state index contributed by atoms with van der Waals surface area (Å²) in [6.07, 6.45) is 2.52. The zero-order valence-corrected chi connectivity index (χ0v) is 10.2. The zero-order valence-electron chi connectivity index (χ0n) is 10.2. The van der Waals surface area contributed by atoms with Crippen LogP contribution in [0.4, 0.5) is 21.7 Å². The molecule has 0 saturated carbocycles. The number of halogens is 1. The Hall–Kier alpha value is -2.17. The van der Waals surface area contributed by atoms with Crippen LogP contribution in [0.5, 0.6) is 0 Å². The molecule has 2 rings (SSSR count). The minimum Gasteiger partial charge on any atom is -0.370 e. The van der Waals surface area contributed by atoms with Crippen LogP contribution in [0.3, 0.4) is 0 Å². The van der Waals surface area contributed by atoms with Gasteiger partial charge in [-0.3, -0.25) is 0 Å². The van der Waals surface area contributed by atoms with Crippen molar-refractivity contribution in [2.75, 3.05) is 17.2 Å². The fourth-order valence-corrected chi connectivity index (χ4v) is 1.46. The predicted molar refractivity (Wildman–Crippen MR) is 70.5 cm³/mol. The number of nitrogens with one attached hydrogen (secondary N) is 2. The van der Waals surface area contributed by atoms with E-state index in [1.165, 1.54) is 18.5 Å². The van der Waals surface area contributed by atoms with Gasteiger partial charge in [0.1, 0.15) is 23.8 Å². The smallest absolute Gasteiger partial charge is 0.135 e. The fourth-order valence-electron chi connectivity index (χ4n) is 1.46. The fraction of sp³-hybridized carbons (Fsp3) is 0.231. The highest BCUT2D eigenvalue weighted by atomic mass is 19.1. The maximum atomic E-state index is 12.8. The lowest BCUT2D eigenvalue weighted by atomic mass is 10.3. The Morgan fingerprint density at radius 2 is 1.83 bits per heavy atom. The number of hydrogen-bond donors (Lipinski definition) is 2. The van der Waals surface area contributed by atoms with E-state index < -0.39 is 0 Å². The summed E-state index contributed by atoms with van der Waals surface area (Å²) in [6.45, 7) is 2.96. The molecule has 0 fully saturated rings. The Morgan fingerprint density at radius 3 is 2.56 bits per heavy atom. The molecule has 0 saturated heterocycles. The number of anilines is 3. The van der Waals surface area contributed by atoms with Crippen molar-refractivity contribution in [1.82, 2.24) is 9.97 Å². The number of aromatic nitrogens is 2. The molecule has 0 aliphatic carbocycles. The van der Waals surface area contributed by atoms with Gasteiger partial charge >= 0.3 is 0 Å². The van der Waals surface area contributed by atoms with E-state index in [4.69, 9.17) is 0 Å². The van der Waals surface area contributed by atoms with Crippen LogP contribution in [0, 0.1) is 5.82 Å². The lowest BCUT2D eigenvalue weighted by Gasteiger charge is -2.07. The summed E-state index contributed by atoms with van der Waals surface area (Å²) in [7, 11) is 0. The molecule has 0 spiro atoms. The molecule has 0 aliphatic heterocycles. The molecule has 0 radical (unpaired) electrons. The van der Waals surface area contributed by atoms with Crippen LogP contribution in [0.2, 0.25) is 0 Å². The van der Waals surface area contributed by atoms with E-state index in [9.17, 15) is 4.39 Å². The summed E-state index contributed by atoms with van der Waals surface area (Å²) in [4.78, 5) is 8.22. The van der Waals surface area contributed by atoms with Crippen molar-refractivity contribution >= 4 is 17.3 Å². The van der Waals surface area contributed by atoms with E-state index in [-0.39, 0.29) is 5.82 Å². The van der Waals surface area contributed by atoms with Crippen LogP contribution in [0.15, 0.2) is 36.7 Å². The molecule has 0 aliphatic rings. The van der Waals surface area contributed by atoms with E-state index in [0.29, 0.717) is 5.82 Å². The highest BCUT2D eigenvalue weighted by Gasteiger charge is 1.99. The maximum absolute atomic E-state index is 12.8. The third-order valence-electron chi connectivity index (χ3n) is 2.34. The van der Waals surface area contributed by atoms with Gasteiger partial charge in [0.25, 0.3) is 0 Å². The number of rotatable bonds is 5. The molecule has 0 atom stereocenters. The van der Waals surface area contributed by atoms with Crippen molar-refractivity contribution in [1.29, 1.82) is 0 Å². The molecule has 1 aromatic carbocycles. The molecule has 0 unspecified atom stereocenters. The SMILES string of the molecule is CCCNc1cc(Nc2ccc(F)cc2)ncn1. The minimum absolute atomic E-state index is 0.256. The zero-order chi connectivity index (χ0) is 12.8. The average molecular weight is 246 g/mol. The molecule has 94 valence electrons. The van der Waals surface area contributed by atoms with Gasteiger partial charge in [0.2, 0.25) is 0 Å². The predicted octanol–water partition coefficient (Wildman–Crippen LogP) is 3.18. The van der Waals surface area contributed by atoms with Crippen molar-refractivity contribution in [2.45, 2.75) is 13.3 Å². The van der Waals surface area contributed by atoms with E-state index in [1.807, 2.05) is 6.07 Å². The minimum atomic E-state index is -0.256. The molecule has 5 heteroatoms. The number of hydrogen-bond acceptors (Lipinski definition) is 4. The Balaban J connectivity index is 2.06. The summed E-state index contributed by atoms with van der Waals surface area (Å²) in [5, 5.41) is 6.27. The van der Waals surface area contributed by atoms with Gasteiger partial charge in [-0.15, -0.1) is 0 Å². The largest absolute Gasteiger partial charge is 0.370 e. The molecular formula is C13H15FN4. The Morgan fingerprint density at radius 1 is 1.11 bits per heavy atom. The summed E-state index contributed by atoms with van der Waals surface area (Å²) < 4.78 is 12.8. The number of benzene rings is 1. The van der Waals surface area contributed by atoms with E-state index in [0.717, 1.165) is 24.5 Å². The molecular weight excluding hydrogens is 231 g/mol. The monoisotopic (exact) mass is 246 g/mol. The van der Waals surface area contributed by atoms with Gasteiger partial charge < -0.3 is 10.6 Å². The standard InChI is InChI=1S/C13H15FN4/c1-2-7-15-12-8-13(17-9-16-12)18-11-5-3-10(14)4-6-11/h3-6,8-9H,2,7H2,1H3,(H2,15,16,17,18). The van der Waals surface area contributed by atoms with Crippen molar-refractivity contribution in [3.05, 3.63) is 42.5 Å².